The Morgan fingerprint density at radius 2 is 2.04 bits per heavy atom. The molecule has 1 heterocycles. The number of carboxylic acid groups (broad SMARTS) is 1. The van der Waals surface area contributed by atoms with E-state index in [1.807, 2.05) is 29.2 Å². The van der Waals surface area contributed by atoms with Gasteiger partial charge in [-0.3, -0.25) is 14.5 Å². The van der Waals surface area contributed by atoms with Crippen molar-refractivity contribution in [1.29, 1.82) is 0 Å². The number of carbonyl (C=O) groups is 2. The van der Waals surface area contributed by atoms with Crippen LogP contribution in [0.25, 0.3) is 0 Å². The van der Waals surface area contributed by atoms with Crippen molar-refractivity contribution in [3.8, 4) is 5.75 Å². The SMILES string of the molecule is COc1cccc(N2CCN(C3CCC(C)(C)C3)CC2=O)c1.O=CO. The van der Waals surface area contributed by atoms with Gasteiger partial charge in [0.2, 0.25) is 5.91 Å². The highest BCUT2D eigenvalue weighted by Gasteiger charge is 2.37. The summed E-state index contributed by atoms with van der Waals surface area (Å²) in [6, 6.07) is 8.34. The Kier molecular flexibility index (Phi) is 6.42. The second kappa shape index (κ2) is 8.34. The molecule has 2 aliphatic rings. The maximum absolute atomic E-state index is 12.6. The third-order valence-corrected chi connectivity index (χ3v) is 5.07. The van der Waals surface area contributed by atoms with E-state index in [1.165, 1.54) is 19.3 Å². The summed E-state index contributed by atoms with van der Waals surface area (Å²) in [7, 11) is 1.65. The summed E-state index contributed by atoms with van der Waals surface area (Å²) >= 11 is 0. The number of hydrogen-bond donors (Lipinski definition) is 1. The minimum absolute atomic E-state index is 0.198. The fourth-order valence-corrected chi connectivity index (χ4v) is 3.77. The third-order valence-electron chi connectivity index (χ3n) is 5.07. The fraction of sp³-hybridized carbons (Fsp3) is 0.579. The smallest absolute Gasteiger partial charge is 0.290 e. The van der Waals surface area contributed by atoms with Crippen LogP contribution in [0.3, 0.4) is 0 Å². The molecule has 1 aliphatic heterocycles. The molecular formula is C19H28N2O4. The number of amides is 1. The lowest BCUT2D eigenvalue weighted by atomic mass is 9.91. The highest BCUT2D eigenvalue weighted by Crippen LogP contribution is 2.39. The Bertz CT molecular complexity index is 603. The van der Waals surface area contributed by atoms with Gasteiger partial charge in [-0.15, -0.1) is 0 Å². The van der Waals surface area contributed by atoms with Crippen molar-refractivity contribution >= 4 is 18.1 Å². The average Bonchev–Trinajstić information content (AvgIpc) is 2.95. The van der Waals surface area contributed by atoms with Crippen LogP contribution in [0.4, 0.5) is 5.69 Å². The Morgan fingerprint density at radius 1 is 1.32 bits per heavy atom. The Balaban J connectivity index is 0.000000701. The monoisotopic (exact) mass is 348 g/mol. The summed E-state index contributed by atoms with van der Waals surface area (Å²) in [4.78, 5) is 25.2. The Labute approximate surface area is 149 Å². The molecule has 25 heavy (non-hydrogen) atoms. The van der Waals surface area contributed by atoms with Gasteiger partial charge in [0.25, 0.3) is 6.47 Å². The van der Waals surface area contributed by atoms with Gasteiger partial charge < -0.3 is 14.7 Å². The first kappa shape index (κ1) is 19.2. The largest absolute Gasteiger partial charge is 0.497 e. The number of benzene rings is 1. The molecule has 3 rings (SSSR count). The van der Waals surface area contributed by atoms with Crippen molar-refractivity contribution < 1.29 is 19.4 Å². The average molecular weight is 348 g/mol. The summed E-state index contributed by atoms with van der Waals surface area (Å²) in [6.07, 6.45) is 3.70. The van der Waals surface area contributed by atoms with E-state index < -0.39 is 0 Å². The summed E-state index contributed by atoms with van der Waals surface area (Å²) in [5.74, 6) is 0.995. The van der Waals surface area contributed by atoms with Crippen LogP contribution in [0, 0.1) is 5.41 Å². The number of hydrogen-bond acceptors (Lipinski definition) is 4. The molecule has 2 fully saturated rings. The summed E-state index contributed by atoms with van der Waals surface area (Å²) < 4.78 is 5.26. The summed E-state index contributed by atoms with van der Waals surface area (Å²) in [6.45, 7) is 6.69. The van der Waals surface area contributed by atoms with Crippen molar-refractivity contribution in [2.75, 3.05) is 31.6 Å². The molecule has 0 radical (unpaired) electrons. The van der Waals surface area contributed by atoms with E-state index in [9.17, 15) is 4.79 Å². The molecule has 6 nitrogen and oxygen atoms in total. The highest BCUT2D eigenvalue weighted by molar-refractivity contribution is 5.95. The highest BCUT2D eigenvalue weighted by atomic mass is 16.5. The van der Waals surface area contributed by atoms with Crippen LogP contribution < -0.4 is 9.64 Å². The number of carbonyl (C=O) groups excluding carboxylic acids is 1. The molecule has 1 N–H and O–H groups in total. The molecule has 6 heteroatoms. The topological polar surface area (TPSA) is 70.1 Å². The molecule has 138 valence electrons. The predicted molar refractivity (Wildman–Crippen MR) is 97.0 cm³/mol. The van der Waals surface area contributed by atoms with E-state index in [2.05, 4.69) is 18.7 Å². The van der Waals surface area contributed by atoms with E-state index in [0.29, 0.717) is 18.0 Å². The number of ether oxygens (including phenoxy) is 1. The van der Waals surface area contributed by atoms with Crippen LogP contribution >= 0.6 is 0 Å². The molecule has 0 aromatic heterocycles. The molecule has 1 aliphatic carbocycles. The van der Waals surface area contributed by atoms with Gasteiger partial charge in [-0.1, -0.05) is 19.9 Å². The number of anilines is 1. The predicted octanol–water partition coefficient (Wildman–Crippen LogP) is 2.62. The first-order chi connectivity index (χ1) is 11.9. The minimum Gasteiger partial charge on any atom is -0.497 e. The van der Waals surface area contributed by atoms with Gasteiger partial charge in [-0.25, -0.2) is 0 Å². The first-order valence-corrected chi connectivity index (χ1v) is 8.66. The van der Waals surface area contributed by atoms with E-state index in [0.717, 1.165) is 24.5 Å². The zero-order valence-corrected chi connectivity index (χ0v) is 15.3. The number of rotatable bonds is 3. The van der Waals surface area contributed by atoms with Gasteiger partial charge in [0, 0.05) is 30.9 Å². The maximum Gasteiger partial charge on any atom is 0.290 e. The van der Waals surface area contributed by atoms with Crippen molar-refractivity contribution in [3.63, 3.8) is 0 Å². The lowest BCUT2D eigenvalue weighted by Gasteiger charge is -2.38. The van der Waals surface area contributed by atoms with Crippen molar-refractivity contribution in [2.45, 2.75) is 39.2 Å². The molecule has 1 aromatic rings. The summed E-state index contributed by atoms with van der Waals surface area (Å²) in [5.41, 5.74) is 1.37. The van der Waals surface area contributed by atoms with Crippen LogP contribution in [0.1, 0.15) is 33.1 Å². The van der Waals surface area contributed by atoms with E-state index in [1.54, 1.807) is 7.11 Å². The van der Waals surface area contributed by atoms with Crippen LogP contribution in [0.15, 0.2) is 24.3 Å². The number of nitrogens with zero attached hydrogens (tertiary/aromatic N) is 2. The van der Waals surface area contributed by atoms with Gasteiger partial charge in [-0.05, 0) is 36.8 Å². The lowest BCUT2D eigenvalue weighted by molar-refractivity contribution is -0.123. The van der Waals surface area contributed by atoms with E-state index in [-0.39, 0.29) is 12.4 Å². The van der Waals surface area contributed by atoms with Crippen LogP contribution in [-0.4, -0.2) is 55.2 Å². The molecule has 1 unspecified atom stereocenters. The normalized spacial score (nSPS) is 22.9. The van der Waals surface area contributed by atoms with Gasteiger partial charge >= 0.3 is 0 Å². The number of piperazine rings is 1. The second-order valence-electron chi connectivity index (χ2n) is 7.38. The molecule has 0 bridgehead atoms. The standard InChI is InChI=1S/C18H26N2O2.CH2O2/c1-18(2)8-7-15(12-18)19-9-10-20(17(21)13-19)14-5-4-6-16(11-14)22-3;2-1-3/h4-6,11,15H,7-10,12-13H2,1-3H3;1H,(H,2,3). The third kappa shape index (κ3) is 4.95. The summed E-state index contributed by atoms with van der Waals surface area (Å²) in [5, 5.41) is 6.89. The molecule has 1 saturated heterocycles. The van der Waals surface area contributed by atoms with E-state index >= 15 is 0 Å². The fourth-order valence-electron chi connectivity index (χ4n) is 3.77. The molecular weight excluding hydrogens is 320 g/mol. The Morgan fingerprint density at radius 3 is 2.60 bits per heavy atom. The lowest BCUT2D eigenvalue weighted by Crippen LogP contribution is -2.53. The zero-order valence-electron chi connectivity index (χ0n) is 15.3. The van der Waals surface area contributed by atoms with Crippen molar-refractivity contribution in [1.82, 2.24) is 4.90 Å². The minimum atomic E-state index is -0.250. The zero-order chi connectivity index (χ0) is 18.4. The quantitative estimate of drug-likeness (QED) is 0.851. The molecule has 0 spiro atoms. The van der Waals surface area contributed by atoms with Gasteiger partial charge in [0.05, 0.1) is 13.7 Å². The van der Waals surface area contributed by atoms with Gasteiger partial charge in [0.15, 0.2) is 0 Å². The first-order valence-electron chi connectivity index (χ1n) is 8.66. The molecule has 1 saturated carbocycles. The number of methoxy groups -OCH3 is 1. The van der Waals surface area contributed by atoms with Gasteiger partial charge in [-0.2, -0.15) is 0 Å². The van der Waals surface area contributed by atoms with Crippen molar-refractivity contribution in [2.24, 2.45) is 5.41 Å². The molecule has 1 amide bonds. The van der Waals surface area contributed by atoms with E-state index in [4.69, 9.17) is 14.6 Å². The maximum atomic E-state index is 12.6. The van der Waals surface area contributed by atoms with Crippen LogP contribution in [0.2, 0.25) is 0 Å². The van der Waals surface area contributed by atoms with Crippen molar-refractivity contribution in [3.05, 3.63) is 24.3 Å². The Hall–Kier alpha value is -2.08. The molecule has 1 aromatic carbocycles. The molecule has 1 atom stereocenters. The van der Waals surface area contributed by atoms with Crippen LogP contribution in [-0.2, 0) is 9.59 Å². The van der Waals surface area contributed by atoms with Crippen LogP contribution in [0.5, 0.6) is 5.75 Å². The second-order valence-corrected chi connectivity index (χ2v) is 7.38. The van der Waals surface area contributed by atoms with Gasteiger partial charge in [0.1, 0.15) is 5.75 Å².